The average Bonchev–Trinajstić information content (AvgIpc) is 3.71. The van der Waals surface area contributed by atoms with Crippen molar-refractivity contribution in [2.45, 2.75) is 52.4 Å². The molecule has 11 aromatic rings. The minimum Gasteiger partial charge on any atom is -0.0622 e. The van der Waals surface area contributed by atoms with Crippen molar-refractivity contribution in [2.24, 2.45) is 0 Å². The summed E-state index contributed by atoms with van der Waals surface area (Å²) in [6.45, 7) is 13.9. The molecule has 0 heteroatoms. The van der Waals surface area contributed by atoms with Crippen molar-refractivity contribution in [3.05, 3.63) is 169 Å². The Morgan fingerprint density at radius 1 is 0.268 bits per heavy atom. The van der Waals surface area contributed by atoms with Gasteiger partial charge in [-0.25, -0.2) is 0 Å². The van der Waals surface area contributed by atoms with Crippen molar-refractivity contribution in [2.75, 3.05) is 0 Å². The second kappa shape index (κ2) is 11.6. The van der Waals surface area contributed by atoms with Crippen molar-refractivity contribution in [3.63, 3.8) is 0 Å². The zero-order chi connectivity index (χ0) is 38.1. The van der Waals surface area contributed by atoms with Gasteiger partial charge in [-0.15, -0.1) is 0 Å². The molecule has 0 saturated heterocycles. The Bertz CT molecular complexity index is 3290. The second-order valence-corrected chi connectivity index (χ2v) is 18.1. The number of fused-ring (bicyclic) bond motifs is 8. The highest BCUT2D eigenvalue weighted by Gasteiger charge is 2.27. The summed E-state index contributed by atoms with van der Waals surface area (Å²) in [7, 11) is 0. The minimum atomic E-state index is 0.0495. The summed E-state index contributed by atoms with van der Waals surface area (Å²) < 4.78 is 0. The lowest BCUT2D eigenvalue weighted by Crippen LogP contribution is -2.16. The molecule has 0 amide bonds. The van der Waals surface area contributed by atoms with E-state index in [0.29, 0.717) is 0 Å². The van der Waals surface area contributed by atoms with Crippen LogP contribution in [0, 0.1) is 0 Å². The number of hydrogen-bond donors (Lipinski definition) is 0. The Hall–Kier alpha value is -6.24. The first-order valence-corrected chi connectivity index (χ1v) is 20.1. The van der Waals surface area contributed by atoms with Gasteiger partial charge >= 0.3 is 0 Å². The highest BCUT2D eigenvalue weighted by Crippen LogP contribution is 2.54. The highest BCUT2D eigenvalue weighted by molar-refractivity contribution is 6.44. The van der Waals surface area contributed by atoms with Gasteiger partial charge in [0.2, 0.25) is 0 Å². The molecule has 0 saturated carbocycles. The van der Waals surface area contributed by atoms with E-state index < -0.39 is 0 Å². The second-order valence-electron chi connectivity index (χ2n) is 18.1. The Labute approximate surface area is 328 Å². The molecule has 0 N–H and O–H groups in total. The third kappa shape index (κ3) is 4.72. The minimum absolute atomic E-state index is 0.0495. The molecule has 0 heterocycles. The van der Waals surface area contributed by atoms with E-state index in [2.05, 4.69) is 199 Å². The lowest BCUT2D eigenvalue weighted by molar-refractivity contribution is 0.569. The molecular weight excluding hydrogens is 673 g/mol. The molecule has 0 bridgehead atoms. The lowest BCUT2D eigenvalue weighted by atomic mass is 9.79. The van der Waals surface area contributed by atoms with Crippen LogP contribution in [-0.2, 0) is 10.8 Å². The summed E-state index contributed by atoms with van der Waals surface area (Å²) in [6.07, 6.45) is 0. The first kappa shape index (κ1) is 33.1. The Balaban J connectivity index is 1.33. The molecule has 0 aliphatic rings. The van der Waals surface area contributed by atoms with Crippen LogP contribution >= 0.6 is 0 Å². The molecule has 56 heavy (non-hydrogen) atoms. The van der Waals surface area contributed by atoms with Crippen molar-refractivity contribution in [1.29, 1.82) is 0 Å². The van der Waals surface area contributed by atoms with Gasteiger partial charge in [0.25, 0.3) is 0 Å². The van der Waals surface area contributed by atoms with Gasteiger partial charge in [-0.05, 0) is 143 Å². The smallest absolute Gasteiger partial charge is 0.000719 e. The van der Waals surface area contributed by atoms with Gasteiger partial charge in [0.1, 0.15) is 0 Å². The molecule has 0 aliphatic heterocycles. The SMILES string of the molecule is CC(C)(C)c1cc(-c2ccc3c(c2)c2cccc4c5c(-c6ccccc6)c6c7cccc8cccc(c6c(-c6ccccc6)c5cc3c24)c87)cc(C(C)(C)C)c1. The van der Waals surface area contributed by atoms with Gasteiger partial charge in [0.15, 0.2) is 0 Å². The molecule has 0 atom stereocenters. The topological polar surface area (TPSA) is 0 Å². The van der Waals surface area contributed by atoms with Crippen LogP contribution in [0.5, 0.6) is 0 Å². The van der Waals surface area contributed by atoms with E-state index >= 15 is 0 Å². The largest absolute Gasteiger partial charge is 0.0622 e. The van der Waals surface area contributed by atoms with Crippen LogP contribution in [0.4, 0.5) is 0 Å². The van der Waals surface area contributed by atoms with Crippen molar-refractivity contribution < 1.29 is 0 Å². The standard InChI is InChI=1S/C56H44/c1-55(2,3)38-28-37(29-39(31-38)56(4,5)6)36-26-27-40-45(30-36)41-22-15-25-44-51(41)46(40)32-47-49(34-16-9-7-10-17-34)53-42-23-13-20-33-21-14-24-43(48(33)42)54(53)50(52(44)47)35-18-11-8-12-19-35/h7-32H,1-6H3. The van der Waals surface area contributed by atoms with E-state index in [1.54, 1.807) is 0 Å². The molecule has 0 radical (unpaired) electrons. The first-order valence-electron chi connectivity index (χ1n) is 20.1. The fraction of sp³-hybridized carbons (Fsp3) is 0.143. The predicted molar refractivity (Wildman–Crippen MR) is 245 cm³/mol. The maximum atomic E-state index is 2.54. The Kier molecular flexibility index (Phi) is 6.88. The Morgan fingerprint density at radius 2 is 0.804 bits per heavy atom. The fourth-order valence-electron chi connectivity index (χ4n) is 9.83. The van der Waals surface area contributed by atoms with E-state index in [0.717, 1.165) is 0 Å². The van der Waals surface area contributed by atoms with Crippen LogP contribution in [-0.4, -0.2) is 0 Å². The molecule has 0 unspecified atom stereocenters. The zero-order valence-electron chi connectivity index (χ0n) is 33.0. The van der Waals surface area contributed by atoms with Crippen LogP contribution in [0.3, 0.4) is 0 Å². The molecule has 0 fully saturated rings. The molecule has 11 aromatic carbocycles. The molecular formula is C56H44. The third-order valence-corrected chi connectivity index (χ3v) is 12.6. The van der Waals surface area contributed by atoms with Gasteiger partial charge < -0.3 is 0 Å². The van der Waals surface area contributed by atoms with Crippen LogP contribution in [0.2, 0.25) is 0 Å². The maximum absolute atomic E-state index is 2.54. The van der Waals surface area contributed by atoms with Crippen molar-refractivity contribution in [3.8, 4) is 33.4 Å². The van der Waals surface area contributed by atoms with Gasteiger partial charge in [0, 0.05) is 0 Å². The summed E-state index contributed by atoms with van der Waals surface area (Å²) in [5.41, 5.74) is 10.6. The van der Waals surface area contributed by atoms with Crippen molar-refractivity contribution in [1.82, 2.24) is 0 Å². The van der Waals surface area contributed by atoms with Crippen LogP contribution in [0.25, 0.3) is 109 Å². The van der Waals surface area contributed by atoms with Gasteiger partial charge in [-0.2, -0.15) is 0 Å². The first-order chi connectivity index (χ1) is 27.1. The number of benzene rings is 9. The molecule has 268 valence electrons. The summed E-state index contributed by atoms with van der Waals surface area (Å²) >= 11 is 0. The average molecular weight is 717 g/mol. The number of hydrogen-bond acceptors (Lipinski definition) is 0. The lowest BCUT2D eigenvalue weighted by Gasteiger charge is -2.26. The van der Waals surface area contributed by atoms with E-state index in [-0.39, 0.29) is 10.8 Å². The normalized spacial score (nSPS) is 12.8. The van der Waals surface area contributed by atoms with Crippen molar-refractivity contribution >= 4 is 75.4 Å². The predicted octanol–water partition coefficient (Wildman–Crippen LogP) is 16.2. The fourth-order valence-corrected chi connectivity index (χ4v) is 9.83. The summed E-state index contributed by atoms with van der Waals surface area (Å²) in [6, 6.07) is 60.0. The monoisotopic (exact) mass is 716 g/mol. The Morgan fingerprint density at radius 3 is 1.41 bits per heavy atom. The van der Waals surface area contributed by atoms with Gasteiger partial charge in [0.05, 0.1) is 0 Å². The molecule has 0 nitrogen and oxygen atoms in total. The summed E-state index contributed by atoms with van der Waals surface area (Å²) in [4.78, 5) is 0. The number of rotatable bonds is 3. The van der Waals surface area contributed by atoms with Crippen LogP contribution < -0.4 is 0 Å². The maximum Gasteiger partial charge on any atom is -0.000719 e. The summed E-state index contributed by atoms with van der Waals surface area (Å²) in [5.74, 6) is 0. The van der Waals surface area contributed by atoms with Gasteiger partial charge in [-0.1, -0.05) is 187 Å². The summed E-state index contributed by atoms with van der Waals surface area (Å²) in [5, 5.41) is 18.6. The molecule has 0 aromatic heterocycles. The zero-order valence-corrected chi connectivity index (χ0v) is 33.0. The van der Waals surface area contributed by atoms with E-state index in [4.69, 9.17) is 0 Å². The molecule has 11 rings (SSSR count). The van der Waals surface area contributed by atoms with E-state index in [1.165, 1.54) is 120 Å². The van der Waals surface area contributed by atoms with E-state index in [9.17, 15) is 0 Å². The van der Waals surface area contributed by atoms with Crippen LogP contribution in [0.1, 0.15) is 52.7 Å². The quantitative estimate of drug-likeness (QED) is 0.160. The third-order valence-electron chi connectivity index (χ3n) is 12.6. The highest BCUT2D eigenvalue weighted by atomic mass is 14.3. The molecule has 0 aliphatic carbocycles. The molecule has 0 spiro atoms. The van der Waals surface area contributed by atoms with Gasteiger partial charge in [-0.3, -0.25) is 0 Å². The van der Waals surface area contributed by atoms with Crippen LogP contribution in [0.15, 0.2) is 158 Å². The van der Waals surface area contributed by atoms with E-state index in [1.807, 2.05) is 0 Å².